The molecule has 0 bridgehead atoms. The fourth-order valence-corrected chi connectivity index (χ4v) is 6.37. The zero-order chi connectivity index (χ0) is 26.2. The number of amides is 2. The Morgan fingerprint density at radius 2 is 1.81 bits per heavy atom. The zero-order valence-electron chi connectivity index (χ0n) is 21.6. The van der Waals surface area contributed by atoms with Crippen molar-refractivity contribution in [3.8, 4) is 0 Å². The molecule has 0 unspecified atom stereocenters. The molecule has 3 aliphatic rings. The number of nitrogen functional groups attached to an aromatic ring is 1. The van der Waals surface area contributed by atoms with Gasteiger partial charge in [-0.2, -0.15) is 0 Å². The predicted octanol–water partition coefficient (Wildman–Crippen LogP) is 3.99. The van der Waals surface area contributed by atoms with E-state index in [2.05, 4.69) is 25.8 Å². The number of anilines is 1. The van der Waals surface area contributed by atoms with Crippen molar-refractivity contribution in [2.45, 2.75) is 51.2 Å². The highest BCUT2D eigenvalue weighted by molar-refractivity contribution is 9.12. The Morgan fingerprint density at radius 3 is 2.46 bits per heavy atom. The van der Waals surface area contributed by atoms with Crippen LogP contribution in [0.4, 0.5) is 5.82 Å². The van der Waals surface area contributed by atoms with Gasteiger partial charge >= 0.3 is 0 Å². The van der Waals surface area contributed by atoms with Gasteiger partial charge in [0.2, 0.25) is 11.8 Å². The molecule has 0 atom stereocenters. The number of carbonyl (C=O) groups excluding carboxylic acids is 2. The molecule has 0 aliphatic carbocycles. The number of hydrogen-bond acceptors (Lipinski definition) is 7. The number of thioether (sulfide) groups is 1. The molecule has 3 aliphatic heterocycles. The van der Waals surface area contributed by atoms with Crippen LogP contribution in [0.5, 0.6) is 0 Å². The SMILES string of the molecule is CS/C=C(Br)\C(=C\C(=O)N1CCCC1)OC1CCN(C(=O)C2CCN(Cc3ccnc(N)c3)CC2)CC1. The maximum absolute atomic E-state index is 13.2. The highest BCUT2D eigenvalue weighted by Gasteiger charge is 2.32. The lowest BCUT2D eigenvalue weighted by Gasteiger charge is -2.37. The summed E-state index contributed by atoms with van der Waals surface area (Å²) >= 11 is 5.14. The molecule has 2 amide bonds. The average molecular weight is 593 g/mol. The highest BCUT2D eigenvalue weighted by atomic mass is 79.9. The van der Waals surface area contributed by atoms with Crippen LogP contribution < -0.4 is 5.73 Å². The van der Waals surface area contributed by atoms with Crippen LogP contribution in [0.1, 0.15) is 44.1 Å². The molecule has 0 spiro atoms. The molecular formula is C27H38BrN5O3S. The minimum atomic E-state index is -0.0147. The standard InChI is InChI=1S/C27H38BrN5O3S/c1-37-19-23(28)24(17-26(34)32-10-2-3-11-32)36-22-7-14-33(15-8-22)27(35)21-5-12-31(13-6-21)18-20-4-9-30-25(29)16-20/h4,9,16-17,19,21-22H,2-3,5-8,10-15,18H2,1H3,(H2,29,30)/b23-19+,24-17-. The first-order valence-electron chi connectivity index (χ1n) is 13.2. The minimum absolute atomic E-state index is 0.00491. The van der Waals surface area contributed by atoms with Gasteiger partial charge in [0.1, 0.15) is 17.7 Å². The molecule has 0 aromatic carbocycles. The van der Waals surface area contributed by atoms with E-state index >= 15 is 0 Å². The van der Waals surface area contributed by atoms with Crippen molar-refractivity contribution in [1.29, 1.82) is 0 Å². The molecule has 1 aromatic rings. The maximum atomic E-state index is 13.2. The molecule has 0 radical (unpaired) electrons. The summed E-state index contributed by atoms with van der Waals surface area (Å²) in [6.07, 6.45) is 10.7. The maximum Gasteiger partial charge on any atom is 0.250 e. The topological polar surface area (TPSA) is 92.0 Å². The van der Waals surface area contributed by atoms with E-state index in [-0.39, 0.29) is 23.8 Å². The largest absolute Gasteiger partial charge is 0.489 e. The number of nitrogens with zero attached hydrogens (tertiary/aromatic N) is 4. The Bertz CT molecular complexity index is 998. The third kappa shape index (κ3) is 7.97. The van der Waals surface area contributed by atoms with Gasteiger partial charge in [0.15, 0.2) is 0 Å². The third-order valence-corrected chi connectivity index (χ3v) is 8.76. The minimum Gasteiger partial charge on any atom is -0.489 e. The molecule has 202 valence electrons. The van der Waals surface area contributed by atoms with Gasteiger partial charge in [-0.15, -0.1) is 11.8 Å². The second kappa shape index (κ2) is 13.7. The Kier molecular flexibility index (Phi) is 10.3. The Balaban J connectivity index is 1.25. The van der Waals surface area contributed by atoms with Gasteiger partial charge in [0, 0.05) is 63.8 Å². The van der Waals surface area contributed by atoms with Crippen molar-refractivity contribution >= 4 is 45.3 Å². The van der Waals surface area contributed by atoms with Crippen molar-refractivity contribution in [3.63, 3.8) is 0 Å². The predicted molar refractivity (Wildman–Crippen MR) is 152 cm³/mol. The molecule has 3 fully saturated rings. The number of hydrogen-bond donors (Lipinski definition) is 1. The van der Waals surface area contributed by atoms with Gasteiger partial charge in [0.25, 0.3) is 0 Å². The average Bonchev–Trinajstić information content (AvgIpc) is 3.44. The highest BCUT2D eigenvalue weighted by Crippen LogP contribution is 2.28. The van der Waals surface area contributed by atoms with E-state index < -0.39 is 0 Å². The molecule has 0 saturated carbocycles. The summed E-state index contributed by atoms with van der Waals surface area (Å²) in [5.41, 5.74) is 6.97. The Labute approximate surface area is 232 Å². The smallest absolute Gasteiger partial charge is 0.250 e. The second-order valence-corrected chi connectivity index (χ2v) is 11.6. The molecule has 3 saturated heterocycles. The van der Waals surface area contributed by atoms with Crippen LogP contribution in [0.2, 0.25) is 0 Å². The van der Waals surface area contributed by atoms with Gasteiger partial charge in [-0.05, 0) is 84.1 Å². The molecule has 1 aromatic heterocycles. The number of halogens is 1. The van der Waals surface area contributed by atoms with Crippen molar-refractivity contribution in [2.24, 2.45) is 5.92 Å². The number of likely N-dealkylation sites (tertiary alicyclic amines) is 3. The monoisotopic (exact) mass is 591 g/mol. The zero-order valence-corrected chi connectivity index (χ0v) is 24.0. The molecule has 4 heterocycles. The number of allylic oxidation sites excluding steroid dienone is 1. The van der Waals surface area contributed by atoms with Crippen molar-refractivity contribution in [1.82, 2.24) is 19.7 Å². The van der Waals surface area contributed by atoms with Gasteiger partial charge < -0.3 is 20.3 Å². The van der Waals surface area contributed by atoms with Crippen LogP contribution in [0.3, 0.4) is 0 Å². The van der Waals surface area contributed by atoms with Gasteiger partial charge in [0.05, 0.1) is 4.48 Å². The lowest BCUT2D eigenvalue weighted by molar-refractivity contribution is -0.139. The van der Waals surface area contributed by atoms with E-state index in [4.69, 9.17) is 10.5 Å². The molecule has 8 nitrogen and oxygen atoms in total. The van der Waals surface area contributed by atoms with Crippen LogP contribution >= 0.6 is 27.7 Å². The lowest BCUT2D eigenvalue weighted by Crippen LogP contribution is -2.46. The third-order valence-electron chi connectivity index (χ3n) is 7.36. The first-order valence-corrected chi connectivity index (χ1v) is 15.3. The van der Waals surface area contributed by atoms with Gasteiger partial charge in [-0.1, -0.05) is 0 Å². The first kappa shape index (κ1) is 28.0. The summed E-state index contributed by atoms with van der Waals surface area (Å²) in [6, 6.07) is 3.92. The van der Waals surface area contributed by atoms with Crippen LogP contribution in [0.25, 0.3) is 0 Å². The van der Waals surface area contributed by atoms with Crippen LogP contribution in [-0.4, -0.2) is 83.1 Å². The van der Waals surface area contributed by atoms with Crippen LogP contribution in [0, 0.1) is 5.92 Å². The Morgan fingerprint density at radius 1 is 1.11 bits per heavy atom. The summed E-state index contributed by atoms with van der Waals surface area (Å²) in [5.74, 6) is 1.49. The molecular weight excluding hydrogens is 554 g/mol. The van der Waals surface area contributed by atoms with E-state index in [1.165, 1.54) is 0 Å². The number of pyridine rings is 1. The first-order chi connectivity index (χ1) is 17.9. The summed E-state index contributed by atoms with van der Waals surface area (Å²) in [4.78, 5) is 36.3. The van der Waals surface area contributed by atoms with E-state index in [1.54, 1.807) is 24.0 Å². The number of nitrogens with two attached hydrogens (primary N) is 1. The quantitative estimate of drug-likeness (QED) is 0.277. The van der Waals surface area contributed by atoms with Crippen molar-refractivity contribution in [3.05, 3.63) is 45.6 Å². The van der Waals surface area contributed by atoms with Gasteiger partial charge in [-0.25, -0.2) is 4.98 Å². The Hall–Kier alpha value is -2.04. The van der Waals surface area contributed by atoms with Crippen molar-refractivity contribution in [2.75, 3.05) is 51.3 Å². The number of piperidine rings is 2. The molecule has 4 rings (SSSR count). The number of carbonyl (C=O) groups is 2. The molecule has 37 heavy (non-hydrogen) atoms. The fourth-order valence-electron chi connectivity index (χ4n) is 5.28. The summed E-state index contributed by atoms with van der Waals surface area (Å²) in [5, 5.41) is 1.94. The van der Waals surface area contributed by atoms with Crippen LogP contribution in [-0.2, 0) is 20.9 Å². The summed E-state index contributed by atoms with van der Waals surface area (Å²) in [7, 11) is 0. The van der Waals surface area contributed by atoms with Crippen LogP contribution in [0.15, 0.2) is 40.1 Å². The van der Waals surface area contributed by atoms with E-state index in [0.717, 1.165) is 81.3 Å². The van der Waals surface area contributed by atoms with E-state index in [9.17, 15) is 9.59 Å². The van der Waals surface area contributed by atoms with Gasteiger partial charge in [-0.3, -0.25) is 14.5 Å². The number of ether oxygens (including phenoxy) is 1. The number of aromatic nitrogens is 1. The molecule has 2 N–H and O–H groups in total. The lowest BCUT2D eigenvalue weighted by atomic mass is 9.94. The molecule has 10 heteroatoms. The van der Waals surface area contributed by atoms with Crippen molar-refractivity contribution < 1.29 is 14.3 Å². The second-order valence-electron chi connectivity index (χ2n) is 10.0. The fraction of sp³-hybridized carbons (Fsp3) is 0.593. The normalized spacial score (nSPS) is 20.9. The number of rotatable bonds is 8. The van der Waals surface area contributed by atoms with E-state index in [1.807, 2.05) is 33.6 Å². The summed E-state index contributed by atoms with van der Waals surface area (Å²) in [6.45, 7) is 5.66. The summed E-state index contributed by atoms with van der Waals surface area (Å²) < 4.78 is 7.10. The van der Waals surface area contributed by atoms with E-state index in [0.29, 0.717) is 24.7 Å².